The quantitative estimate of drug-likeness (QED) is 0.594. The predicted molar refractivity (Wildman–Crippen MR) is 64.7 cm³/mol. The molecule has 0 N–H and O–H groups in total. The lowest BCUT2D eigenvalue weighted by atomic mass is 10.0. The number of carbonyl (C=O) groups excluding carboxylic acids is 1. The third kappa shape index (κ3) is 2.34. The van der Waals surface area contributed by atoms with Crippen molar-refractivity contribution in [2.24, 2.45) is 0 Å². The van der Waals surface area contributed by atoms with Crippen molar-refractivity contribution in [1.29, 1.82) is 0 Å². The Labute approximate surface area is 102 Å². The molecule has 0 spiro atoms. The number of esters is 1. The molecule has 1 aliphatic heterocycles. The van der Waals surface area contributed by atoms with Crippen molar-refractivity contribution in [3.05, 3.63) is 35.4 Å². The van der Waals surface area contributed by atoms with E-state index in [-0.39, 0.29) is 12.1 Å². The van der Waals surface area contributed by atoms with Gasteiger partial charge in [0.2, 0.25) is 0 Å². The Bertz CT molecular complexity index is 410. The van der Waals surface area contributed by atoms with Gasteiger partial charge in [0.1, 0.15) is 6.10 Å². The van der Waals surface area contributed by atoms with Crippen molar-refractivity contribution in [3.8, 4) is 0 Å². The van der Waals surface area contributed by atoms with Gasteiger partial charge in [-0.15, -0.1) is 0 Å². The summed E-state index contributed by atoms with van der Waals surface area (Å²) in [5, 5.41) is 0. The van der Waals surface area contributed by atoms with Crippen LogP contribution < -0.4 is 0 Å². The van der Waals surface area contributed by atoms with E-state index in [9.17, 15) is 4.79 Å². The first kappa shape index (κ1) is 12.1. The van der Waals surface area contributed by atoms with Crippen LogP contribution in [0.15, 0.2) is 24.3 Å². The lowest BCUT2D eigenvalue weighted by molar-refractivity contribution is -0.149. The van der Waals surface area contributed by atoms with Crippen LogP contribution in [0.1, 0.15) is 37.5 Å². The van der Waals surface area contributed by atoms with E-state index in [4.69, 9.17) is 9.47 Å². The molecule has 0 saturated carbocycles. The zero-order chi connectivity index (χ0) is 12.5. The molecule has 3 nitrogen and oxygen atoms in total. The standard InChI is InChI=1S/C14H18O3/c1-4-9-16-13(15)14(3)12(17-14)11-7-5-10(2)6-8-11/h5-8,12H,4,9H2,1-3H3. The molecule has 0 aromatic heterocycles. The van der Waals surface area contributed by atoms with Crippen LogP contribution in [-0.2, 0) is 14.3 Å². The minimum atomic E-state index is -0.787. The summed E-state index contributed by atoms with van der Waals surface area (Å²) in [6.07, 6.45) is 0.671. The number of epoxide rings is 1. The third-order valence-corrected chi connectivity index (χ3v) is 3.03. The summed E-state index contributed by atoms with van der Waals surface area (Å²) in [7, 11) is 0. The number of benzene rings is 1. The average Bonchev–Trinajstić information content (AvgIpc) is 3.01. The van der Waals surface area contributed by atoms with Crippen molar-refractivity contribution in [3.63, 3.8) is 0 Å². The summed E-state index contributed by atoms with van der Waals surface area (Å²) in [4.78, 5) is 11.8. The Kier molecular flexibility index (Phi) is 3.20. The predicted octanol–water partition coefficient (Wildman–Crippen LogP) is 2.78. The van der Waals surface area contributed by atoms with E-state index in [0.717, 1.165) is 12.0 Å². The van der Waals surface area contributed by atoms with E-state index >= 15 is 0 Å². The maximum atomic E-state index is 11.8. The fraction of sp³-hybridized carbons (Fsp3) is 0.500. The number of rotatable bonds is 4. The summed E-state index contributed by atoms with van der Waals surface area (Å²) in [5.74, 6) is -0.259. The molecule has 2 rings (SSSR count). The normalized spacial score (nSPS) is 26.6. The molecule has 17 heavy (non-hydrogen) atoms. The minimum absolute atomic E-state index is 0.160. The molecule has 92 valence electrons. The Hall–Kier alpha value is -1.35. The second kappa shape index (κ2) is 4.49. The molecule has 0 amide bonds. The number of carbonyl (C=O) groups is 1. The molecule has 1 fully saturated rings. The first-order valence-corrected chi connectivity index (χ1v) is 5.99. The highest BCUT2D eigenvalue weighted by molar-refractivity contribution is 5.83. The highest BCUT2D eigenvalue weighted by Crippen LogP contribution is 2.50. The van der Waals surface area contributed by atoms with Gasteiger partial charge < -0.3 is 9.47 Å². The van der Waals surface area contributed by atoms with E-state index in [1.54, 1.807) is 6.92 Å². The van der Waals surface area contributed by atoms with E-state index in [1.807, 2.05) is 38.1 Å². The summed E-state index contributed by atoms with van der Waals surface area (Å²) < 4.78 is 10.6. The van der Waals surface area contributed by atoms with Crippen LogP contribution in [0.25, 0.3) is 0 Å². The minimum Gasteiger partial charge on any atom is -0.463 e. The van der Waals surface area contributed by atoms with E-state index in [1.165, 1.54) is 5.56 Å². The molecular weight excluding hydrogens is 216 g/mol. The molecule has 0 aliphatic carbocycles. The first-order chi connectivity index (χ1) is 8.08. The van der Waals surface area contributed by atoms with E-state index in [2.05, 4.69) is 0 Å². The Morgan fingerprint density at radius 1 is 1.41 bits per heavy atom. The second-order valence-electron chi connectivity index (χ2n) is 4.65. The van der Waals surface area contributed by atoms with Gasteiger partial charge >= 0.3 is 5.97 Å². The summed E-state index contributed by atoms with van der Waals surface area (Å²) >= 11 is 0. The number of ether oxygens (including phenoxy) is 2. The molecule has 2 atom stereocenters. The maximum absolute atomic E-state index is 11.8. The molecule has 1 saturated heterocycles. The topological polar surface area (TPSA) is 38.8 Å². The highest BCUT2D eigenvalue weighted by Gasteiger charge is 2.60. The Morgan fingerprint density at radius 2 is 2.06 bits per heavy atom. The lowest BCUT2D eigenvalue weighted by Crippen LogP contribution is -2.24. The largest absolute Gasteiger partial charge is 0.463 e. The summed E-state index contributed by atoms with van der Waals surface area (Å²) in [6.45, 7) is 6.25. The Morgan fingerprint density at radius 3 is 2.65 bits per heavy atom. The van der Waals surface area contributed by atoms with Gasteiger partial charge in [-0.2, -0.15) is 0 Å². The molecule has 0 radical (unpaired) electrons. The van der Waals surface area contributed by atoms with Gasteiger partial charge in [0.15, 0.2) is 5.60 Å². The van der Waals surface area contributed by atoms with Crippen molar-refractivity contribution in [2.75, 3.05) is 6.61 Å². The van der Waals surface area contributed by atoms with Crippen LogP contribution in [0.4, 0.5) is 0 Å². The van der Waals surface area contributed by atoms with Crippen molar-refractivity contribution >= 4 is 5.97 Å². The Balaban J connectivity index is 2.03. The molecule has 1 aromatic carbocycles. The molecule has 0 bridgehead atoms. The fourth-order valence-corrected chi connectivity index (χ4v) is 1.83. The van der Waals surface area contributed by atoms with Crippen molar-refractivity contribution in [2.45, 2.75) is 38.9 Å². The monoisotopic (exact) mass is 234 g/mol. The molecule has 1 aromatic rings. The lowest BCUT2D eigenvalue weighted by Gasteiger charge is -2.06. The first-order valence-electron chi connectivity index (χ1n) is 5.99. The molecule has 1 heterocycles. The van der Waals surface area contributed by atoms with Gasteiger partial charge in [0.25, 0.3) is 0 Å². The van der Waals surface area contributed by atoms with Gasteiger partial charge in [-0.1, -0.05) is 36.8 Å². The van der Waals surface area contributed by atoms with Gasteiger partial charge in [0.05, 0.1) is 6.61 Å². The van der Waals surface area contributed by atoms with Gasteiger partial charge in [-0.25, -0.2) is 4.79 Å². The van der Waals surface area contributed by atoms with Gasteiger partial charge in [0, 0.05) is 0 Å². The van der Waals surface area contributed by atoms with Crippen LogP contribution in [-0.4, -0.2) is 18.2 Å². The zero-order valence-corrected chi connectivity index (χ0v) is 10.5. The number of hydrogen-bond donors (Lipinski definition) is 0. The highest BCUT2D eigenvalue weighted by atomic mass is 16.7. The van der Waals surface area contributed by atoms with Crippen LogP contribution in [0.2, 0.25) is 0 Å². The number of aryl methyl sites for hydroxylation is 1. The molecule has 1 aliphatic rings. The zero-order valence-electron chi connectivity index (χ0n) is 10.5. The second-order valence-corrected chi connectivity index (χ2v) is 4.65. The SMILES string of the molecule is CCCOC(=O)C1(C)OC1c1ccc(C)cc1. The molecular formula is C14H18O3. The van der Waals surface area contributed by atoms with E-state index < -0.39 is 5.60 Å². The van der Waals surface area contributed by atoms with E-state index in [0.29, 0.717) is 6.61 Å². The fourth-order valence-electron chi connectivity index (χ4n) is 1.83. The van der Waals surface area contributed by atoms with Crippen LogP contribution in [0.5, 0.6) is 0 Å². The van der Waals surface area contributed by atoms with Crippen molar-refractivity contribution < 1.29 is 14.3 Å². The number of hydrogen-bond acceptors (Lipinski definition) is 3. The van der Waals surface area contributed by atoms with Crippen LogP contribution in [0, 0.1) is 6.92 Å². The summed E-state index contributed by atoms with van der Waals surface area (Å²) in [6, 6.07) is 8.04. The van der Waals surface area contributed by atoms with Gasteiger partial charge in [-0.05, 0) is 25.8 Å². The maximum Gasteiger partial charge on any atom is 0.341 e. The smallest absolute Gasteiger partial charge is 0.341 e. The van der Waals surface area contributed by atoms with Crippen molar-refractivity contribution in [1.82, 2.24) is 0 Å². The molecule has 3 heteroatoms. The van der Waals surface area contributed by atoms with Crippen LogP contribution >= 0.6 is 0 Å². The van der Waals surface area contributed by atoms with Crippen LogP contribution in [0.3, 0.4) is 0 Å². The summed E-state index contributed by atoms with van der Waals surface area (Å²) in [5.41, 5.74) is 1.45. The van der Waals surface area contributed by atoms with Gasteiger partial charge in [-0.3, -0.25) is 0 Å². The average molecular weight is 234 g/mol. The molecule has 2 unspecified atom stereocenters. The third-order valence-electron chi connectivity index (χ3n) is 3.03.